The van der Waals surface area contributed by atoms with Crippen LogP contribution in [0, 0.1) is 13.8 Å². The van der Waals surface area contributed by atoms with E-state index in [0.717, 1.165) is 23.2 Å². The number of hydrogen-bond acceptors (Lipinski definition) is 4. The molecule has 3 rings (SSSR count). The molecule has 0 fully saturated rings. The fourth-order valence-electron chi connectivity index (χ4n) is 3.44. The van der Waals surface area contributed by atoms with Crippen LogP contribution in [0.1, 0.15) is 51.9 Å². The highest BCUT2D eigenvalue weighted by molar-refractivity contribution is 5.96. The van der Waals surface area contributed by atoms with Crippen LogP contribution in [-0.4, -0.2) is 17.2 Å². The lowest BCUT2D eigenvalue weighted by Gasteiger charge is -2.25. The van der Waals surface area contributed by atoms with Crippen molar-refractivity contribution in [2.75, 3.05) is 0 Å². The number of hydrogen-bond donors (Lipinski definition) is 4. The first kappa shape index (κ1) is 17.9. The van der Waals surface area contributed by atoms with Gasteiger partial charge in [-0.05, 0) is 43.0 Å². The van der Waals surface area contributed by atoms with Crippen LogP contribution in [0.5, 0.6) is 5.75 Å². The summed E-state index contributed by atoms with van der Waals surface area (Å²) in [6.07, 6.45) is 3.03. The Labute approximate surface area is 153 Å². The van der Waals surface area contributed by atoms with Crippen LogP contribution in [0.25, 0.3) is 0 Å². The van der Waals surface area contributed by atoms with Gasteiger partial charge in [0.05, 0.1) is 17.6 Å². The van der Waals surface area contributed by atoms with Crippen molar-refractivity contribution in [1.29, 1.82) is 0 Å². The van der Waals surface area contributed by atoms with Gasteiger partial charge in [-0.15, -0.1) is 0 Å². The van der Waals surface area contributed by atoms with E-state index in [-0.39, 0.29) is 23.4 Å². The molecule has 0 radical (unpaired) electrons. The standard InChI is InChI=1S/C21H25N3O2/c1-4-18-23-11-17(24-18)19(14-8-5-7-12(2)13(14)3)15-9-6-10-16(20(15)25)21(22)26/h5-11,18-19,23-25H,4H2,1-3H3,(H2,22,26). The highest BCUT2D eigenvalue weighted by atomic mass is 16.3. The summed E-state index contributed by atoms with van der Waals surface area (Å²) in [5.74, 6) is -0.922. The molecule has 0 aliphatic carbocycles. The molecule has 1 aliphatic rings. The molecule has 2 unspecified atom stereocenters. The van der Waals surface area contributed by atoms with Crippen molar-refractivity contribution in [3.8, 4) is 5.75 Å². The van der Waals surface area contributed by atoms with Gasteiger partial charge in [0.15, 0.2) is 0 Å². The number of nitrogens with two attached hydrogens (primary N) is 1. The second-order valence-electron chi connectivity index (χ2n) is 6.70. The van der Waals surface area contributed by atoms with Crippen molar-refractivity contribution in [1.82, 2.24) is 10.6 Å². The predicted molar refractivity (Wildman–Crippen MR) is 103 cm³/mol. The summed E-state index contributed by atoms with van der Waals surface area (Å²) >= 11 is 0. The second-order valence-corrected chi connectivity index (χ2v) is 6.70. The minimum Gasteiger partial charge on any atom is -0.507 e. The molecule has 136 valence electrons. The first-order valence-electron chi connectivity index (χ1n) is 8.84. The number of nitrogens with one attached hydrogen (secondary N) is 2. The number of aromatic hydroxyl groups is 1. The third kappa shape index (κ3) is 3.12. The Bertz CT molecular complexity index is 874. The van der Waals surface area contributed by atoms with E-state index in [1.807, 2.05) is 18.3 Å². The molecule has 0 saturated heterocycles. The number of phenols is 1. The molecule has 0 bridgehead atoms. The van der Waals surface area contributed by atoms with Gasteiger partial charge in [0.2, 0.25) is 0 Å². The van der Waals surface area contributed by atoms with Gasteiger partial charge in [0.1, 0.15) is 5.75 Å². The van der Waals surface area contributed by atoms with Crippen molar-refractivity contribution in [2.45, 2.75) is 39.3 Å². The summed E-state index contributed by atoms with van der Waals surface area (Å²) in [6, 6.07) is 11.3. The maximum Gasteiger partial charge on any atom is 0.252 e. The third-order valence-electron chi connectivity index (χ3n) is 5.10. The predicted octanol–water partition coefficient (Wildman–Crippen LogP) is 3.01. The van der Waals surface area contributed by atoms with Crippen LogP contribution in [-0.2, 0) is 0 Å². The van der Waals surface area contributed by atoms with Crippen LogP contribution in [0.4, 0.5) is 0 Å². The lowest BCUT2D eigenvalue weighted by Crippen LogP contribution is -2.32. The van der Waals surface area contributed by atoms with E-state index in [4.69, 9.17) is 5.73 Å². The molecule has 1 heterocycles. The first-order chi connectivity index (χ1) is 12.4. The number of amides is 1. The lowest BCUT2D eigenvalue weighted by atomic mass is 9.83. The molecule has 26 heavy (non-hydrogen) atoms. The molecule has 0 spiro atoms. The van der Waals surface area contributed by atoms with Gasteiger partial charge in [0, 0.05) is 17.5 Å². The van der Waals surface area contributed by atoms with Crippen molar-refractivity contribution < 1.29 is 9.90 Å². The van der Waals surface area contributed by atoms with Crippen LogP contribution in [0.3, 0.4) is 0 Å². The van der Waals surface area contributed by atoms with Gasteiger partial charge in [-0.2, -0.15) is 0 Å². The average Bonchev–Trinajstić information content (AvgIpc) is 3.09. The lowest BCUT2D eigenvalue weighted by molar-refractivity contribution is 0.0997. The van der Waals surface area contributed by atoms with Gasteiger partial charge in [-0.1, -0.05) is 37.3 Å². The minimum absolute atomic E-state index is 0.0615. The van der Waals surface area contributed by atoms with E-state index in [0.29, 0.717) is 5.56 Å². The van der Waals surface area contributed by atoms with Crippen LogP contribution >= 0.6 is 0 Å². The number of aryl methyl sites for hydroxylation is 1. The second kappa shape index (κ2) is 7.12. The van der Waals surface area contributed by atoms with E-state index in [1.54, 1.807) is 12.1 Å². The summed E-state index contributed by atoms with van der Waals surface area (Å²) in [5.41, 5.74) is 10.6. The molecule has 0 saturated carbocycles. The van der Waals surface area contributed by atoms with Crippen LogP contribution < -0.4 is 16.4 Å². The minimum atomic E-state index is -0.637. The number of carbonyl (C=O) groups excluding carboxylic acids is 1. The van der Waals surface area contributed by atoms with Gasteiger partial charge in [-0.3, -0.25) is 4.79 Å². The molecule has 5 nitrogen and oxygen atoms in total. The average molecular weight is 351 g/mol. The van der Waals surface area contributed by atoms with Gasteiger partial charge >= 0.3 is 0 Å². The summed E-state index contributed by atoms with van der Waals surface area (Å²) < 4.78 is 0. The monoisotopic (exact) mass is 351 g/mol. The van der Waals surface area contributed by atoms with E-state index in [2.05, 4.69) is 43.5 Å². The highest BCUT2D eigenvalue weighted by Gasteiger charge is 2.29. The zero-order chi connectivity index (χ0) is 18.8. The van der Waals surface area contributed by atoms with Gasteiger partial charge < -0.3 is 21.5 Å². The number of rotatable bonds is 5. The fraction of sp³-hybridized carbons (Fsp3) is 0.286. The van der Waals surface area contributed by atoms with E-state index < -0.39 is 5.91 Å². The van der Waals surface area contributed by atoms with Crippen molar-refractivity contribution in [3.63, 3.8) is 0 Å². The Morgan fingerprint density at radius 3 is 2.54 bits per heavy atom. The maximum atomic E-state index is 11.7. The Morgan fingerprint density at radius 1 is 1.19 bits per heavy atom. The quantitative estimate of drug-likeness (QED) is 0.667. The molecule has 2 aromatic carbocycles. The van der Waals surface area contributed by atoms with Gasteiger partial charge in [0.25, 0.3) is 5.91 Å². The van der Waals surface area contributed by atoms with E-state index in [9.17, 15) is 9.90 Å². The van der Waals surface area contributed by atoms with Crippen molar-refractivity contribution in [3.05, 3.63) is 76.1 Å². The van der Waals surface area contributed by atoms with Crippen molar-refractivity contribution in [2.24, 2.45) is 5.73 Å². The summed E-state index contributed by atoms with van der Waals surface area (Å²) in [5, 5.41) is 17.6. The van der Waals surface area contributed by atoms with Crippen LogP contribution in [0.15, 0.2) is 48.3 Å². The number of primary amides is 1. The zero-order valence-electron chi connectivity index (χ0n) is 15.3. The highest BCUT2D eigenvalue weighted by Crippen LogP contribution is 2.40. The summed E-state index contributed by atoms with van der Waals surface area (Å²) in [6.45, 7) is 6.24. The number of allylic oxidation sites excluding steroid dienone is 1. The fourth-order valence-corrected chi connectivity index (χ4v) is 3.44. The normalized spacial score (nSPS) is 17.2. The van der Waals surface area contributed by atoms with Crippen molar-refractivity contribution >= 4 is 5.91 Å². The third-order valence-corrected chi connectivity index (χ3v) is 5.10. The SMILES string of the molecule is CCC1NC=C(C(c2cccc(C)c2C)c2cccc(C(N)=O)c2O)N1. The molecule has 1 aliphatic heterocycles. The largest absolute Gasteiger partial charge is 0.507 e. The molecule has 2 atom stereocenters. The molecule has 0 aromatic heterocycles. The maximum absolute atomic E-state index is 11.7. The Balaban J connectivity index is 2.18. The molecule has 5 N–H and O–H groups in total. The zero-order valence-corrected chi connectivity index (χ0v) is 15.3. The summed E-state index contributed by atoms with van der Waals surface area (Å²) in [4.78, 5) is 11.7. The number of carbonyl (C=O) groups is 1. The Hall–Kier alpha value is -2.95. The smallest absolute Gasteiger partial charge is 0.252 e. The molecular weight excluding hydrogens is 326 g/mol. The van der Waals surface area contributed by atoms with Gasteiger partial charge in [-0.25, -0.2) is 0 Å². The molecule has 1 amide bonds. The topological polar surface area (TPSA) is 87.4 Å². The number of benzene rings is 2. The summed E-state index contributed by atoms with van der Waals surface area (Å²) in [7, 11) is 0. The molecule has 5 heteroatoms. The first-order valence-corrected chi connectivity index (χ1v) is 8.84. The molecule has 2 aromatic rings. The van der Waals surface area contributed by atoms with Crippen LogP contribution in [0.2, 0.25) is 0 Å². The van der Waals surface area contributed by atoms with E-state index >= 15 is 0 Å². The Morgan fingerprint density at radius 2 is 1.88 bits per heavy atom. The van der Waals surface area contributed by atoms with E-state index in [1.165, 1.54) is 5.56 Å². The Kier molecular flexibility index (Phi) is 4.89. The number of para-hydroxylation sites is 1. The molecular formula is C21H25N3O2.